The van der Waals surface area contributed by atoms with Crippen LogP contribution in [0.15, 0.2) is 24.2 Å². The summed E-state index contributed by atoms with van der Waals surface area (Å²) >= 11 is 0. The second kappa shape index (κ2) is 5.47. The Morgan fingerprint density at radius 3 is 2.86 bits per heavy atom. The van der Waals surface area contributed by atoms with Gasteiger partial charge < -0.3 is 10.6 Å². The minimum absolute atomic E-state index is 0.183. The van der Waals surface area contributed by atoms with Crippen molar-refractivity contribution in [2.24, 2.45) is 5.92 Å². The predicted molar refractivity (Wildman–Crippen MR) is 81.0 cm³/mol. The summed E-state index contributed by atoms with van der Waals surface area (Å²) in [6.07, 6.45) is 4.95. The van der Waals surface area contributed by atoms with Crippen molar-refractivity contribution in [2.45, 2.75) is 13.8 Å². The fourth-order valence-electron chi connectivity index (χ4n) is 2.03. The first-order valence-corrected chi connectivity index (χ1v) is 6.95. The molecule has 0 saturated carbocycles. The Bertz CT molecular complexity index is 777. The summed E-state index contributed by atoms with van der Waals surface area (Å²) in [5.41, 5.74) is 1.44. The molecule has 0 atom stereocenters. The van der Waals surface area contributed by atoms with Crippen LogP contribution >= 0.6 is 0 Å². The standard InChI is InChI=1S/C14H16N6O2/c1-8(2)6-15-11-3-4-20-12(18-11)9(7-16-20)5-10-13(21)19-14(22)17-10/h3-5,7-8H,6H2,1-2H3,(H,15,18)(H2,17,19,21,22)/b10-5+. The van der Waals surface area contributed by atoms with Crippen LogP contribution in [0, 0.1) is 5.92 Å². The smallest absolute Gasteiger partial charge is 0.326 e. The summed E-state index contributed by atoms with van der Waals surface area (Å²) < 4.78 is 1.61. The van der Waals surface area contributed by atoms with Crippen LogP contribution in [0.25, 0.3) is 11.7 Å². The van der Waals surface area contributed by atoms with Gasteiger partial charge in [-0.1, -0.05) is 13.8 Å². The van der Waals surface area contributed by atoms with Gasteiger partial charge in [-0.15, -0.1) is 0 Å². The molecule has 114 valence electrons. The molecular weight excluding hydrogens is 284 g/mol. The van der Waals surface area contributed by atoms with E-state index in [0.29, 0.717) is 17.1 Å². The predicted octanol–water partition coefficient (Wildman–Crippen LogP) is 0.977. The van der Waals surface area contributed by atoms with Crippen LogP contribution in [0.3, 0.4) is 0 Å². The van der Waals surface area contributed by atoms with Crippen LogP contribution in [0.1, 0.15) is 19.4 Å². The number of carbonyl (C=O) groups excluding carboxylic acids is 2. The van der Waals surface area contributed by atoms with Crippen LogP contribution in [-0.2, 0) is 4.79 Å². The Kier molecular flexibility index (Phi) is 3.50. The third-order valence-corrected chi connectivity index (χ3v) is 3.11. The molecule has 2 aromatic rings. The topological polar surface area (TPSA) is 100 Å². The summed E-state index contributed by atoms with van der Waals surface area (Å²) in [4.78, 5) is 27.2. The zero-order chi connectivity index (χ0) is 15.7. The van der Waals surface area contributed by atoms with Gasteiger partial charge in [-0.2, -0.15) is 5.10 Å². The summed E-state index contributed by atoms with van der Waals surface area (Å²) in [6.45, 7) is 5.04. The number of nitrogens with zero attached hydrogens (tertiary/aromatic N) is 3. The van der Waals surface area contributed by atoms with Crippen molar-refractivity contribution in [1.82, 2.24) is 25.2 Å². The lowest BCUT2D eigenvalue weighted by Gasteiger charge is -2.08. The van der Waals surface area contributed by atoms with Crippen LogP contribution in [0.4, 0.5) is 10.6 Å². The summed E-state index contributed by atoms with van der Waals surface area (Å²) in [5, 5.41) is 12.0. The molecule has 1 aliphatic heterocycles. The summed E-state index contributed by atoms with van der Waals surface area (Å²) in [6, 6.07) is 1.31. The number of imide groups is 1. The monoisotopic (exact) mass is 300 g/mol. The molecule has 8 heteroatoms. The number of amides is 3. The van der Waals surface area contributed by atoms with E-state index in [2.05, 4.69) is 39.9 Å². The largest absolute Gasteiger partial charge is 0.370 e. The van der Waals surface area contributed by atoms with Crippen molar-refractivity contribution < 1.29 is 9.59 Å². The molecule has 8 nitrogen and oxygen atoms in total. The Morgan fingerprint density at radius 2 is 2.18 bits per heavy atom. The van der Waals surface area contributed by atoms with Gasteiger partial charge in [0.1, 0.15) is 11.5 Å². The van der Waals surface area contributed by atoms with Gasteiger partial charge in [-0.3, -0.25) is 10.1 Å². The number of rotatable bonds is 4. The third kappa shape index (κ3) is 2.76. The van der Waals surface area contributed by atoms with Gasteiger partial charge in [0.15, 0.2) is 5.65 Å². The molecule has 3 amide bonds. The van der Waals surface area contributed by atoms with E-state index in [9.17, 15) is 9.59 Å². The molecular formula is C14H16N6O2. The van der Waals surface area contributed by atoms with Crippen LogP contribution < -0.4 is 16.0 Å². The molecule has 0 unspecified atom stereocenters. The Morgan fingerprint density at radius 1 is 1.36 bits per heavy atom. The van der Waals surface area contributed by atoms with Crippen LogP contribution in [0.5, 0.6) is 0 Å². The highest BCUT2D eigenvalue weighted by Gasteiger charge is 2.23. The lowest BCUT2D eigenvalue weighted by atomic mass is 10.2. The number of aromatic nitrogens is 3. The molecule has 0 radical (unpaired) electrons. The average molecular weight is 300 g/mol. The SMILES string of the molecule is CC(C)CNc1ccn2ncc(/C=C3/NC(=O)NC3=O)c2n1. The Labute approximate surface area is 126 Å². The van der Waals surface area contributed by atoms with E-state index in [-0.39, 0.29) is 5.70 Å². The maximum absolute atomic E-state index is 11.6. The lowest BCUT2D eigenvalue weighted by Crippen LogP contribution is -2.22. The molecule has 0 bridgehead atoms. The molecule has 22 heavy (non-hydrogen) atoms. The van der Waals surface area contributed by atoms with Crippen molar-refractivity contribution in [3.63, 3.8) is 0 Å². The van der Waals surface area contributed by atoms with Crippen molar-refractivity contribution in [3.8, 4) is 0 Å². The molecule has 1 saturated heterocycles. The van der Waals surface area contributed by atoms with Crippen molar-refractivity contribution in [2.75, 3.05) is 11.9 Å². The van der Waals surface area contributed by atoms with E-state index < -0.39 is 11.9 Å². The molecule has 0 spiro atoms. The Hall–Kier alpha value is -2.90. The molecule has 0 aliphatic carbocycles. The van der Waals surface area contributed by atoms with Gasteiger partial charge >= 0.3 is 6.03 Å². The summed E-state index contributed by atoms with van der Waals surface area (Å²) in [5.74, 6) is 0.779. The molecule has 1 aliphatic rings. The lowest BCUT2D eigenvalue weighted by molar-refractivity contribution is -0.115. The number of fused-ring (bicyclic) bond motifs is 1. The van der Waals surface area contributed by atoms with Crippen molar-refractivity contribution in [3.05, 3.63) is 29.7 Å². The Balaban J connectivity index is 1.93. The van der Waals surface area contributed by atoms with E-state index in [0.717, 1.165) is 12.4 Å². The van der Waals surface area contributed by atoms with Crippen LogP contribution in [0.2, 0.25) is 0 Å². The third-order valence-electron chi connectivity index (χ3n) is 3.11. The number of anilines is 1. The normalized spacial score (nSPS) is 16.4. The minimum atomic E-state index is -0.528. The van der Waals surface area contributed by atoms with E-state index in [1.165, 1.54) is 0 Å². The van der Waals surface area contributed by atoms with E-state index in [1.54, 1.807) is 23.0 Å². The van der Waals surface area contributed by atoms with Gasteiger partial charge in [-0.05, 0) is 18.1 Å². The average Bonchev–Trinajstić information content (AvgIpc) is 3.00. The first-order chi connectivity index (χ1) is 10.5. The van der Waals surface area contributed by atoms with Gasteiger partial charge in [-0.25, -0.2) is 14.3 Å². The van der Waals surface area contributed by atoms with Crippen molar-refractivity contribution >= 4 is 29.5 Å². The van der Waals surface area contributed by atoms with Gasteiger partial charge in [0.05, 0.1) is 6.20 Å². The van der Waals surface area contributed by atoms with Gasteiger partial charge in [0, 0.05) is 18.3 Å². The zero-order valence-electron chi connectivity index (χ0n) is 12.3. The first kappa shape index (κ1) is 14.1. The van der Waals surface area contributed by atoms with Crippen LogP contribution in [-0.4, -0.2) is 33.1 Å². The number of nitrogens with one attached hydrogen (secondary N) is 3. The second-order valence-corrected chi connectivity index (χ2v) is 5.42. The highest BCUT2D eigenvalue weighted by atomic mass is 16.2. The minimum Gasteiger partial charge on any atom is -0.370 e. The van der Waals surface area contributed by atoms with Gasteiger partial charge in [0.2, 0.25) is 0 Å². The molecule has 1 fully saturated rings. The van der Waals surface area contributed by atoms with E-state index >= 15 is 0 Å². The van der Waals surface area contributed by atoms with E-state index in [1.807, 2.05) is 6.07 Å². The highest BCUT2D eigenvalue weighted by molar-refractivity contribution is 6.14. The molecule has 3 heterocycles. The molecule has 0 aromatic carbocycles. The first-order valence-electron chi connectivity index (χ1n) is 6.95. The number of carbonyl (C=O) groups is 2. The molecule has 2 aromatic heterocycles. The fraction of sp³-hybridized carbons (Fsp3) is 0.286. The maximum atomic E-state index is 11.6. The summed E-state index contributed by atoms with van der Waals surface area (Å²) in [7, 11) is 0. The fourth-order valence-corrected chi connectivity index (χ4v) is 2.03. The second-order valence-electron chi connectivity index (χ2n) is 5.42. The molecule has 3 N–H and O–H groups in total. The van der Waals surface area contributed by atoms with Gasteiger partial charge in [0.25, 0.3) is 5.91 Å². The molecule has 3 rings (SSSR count). The maximum Gasteiger partial charge on any atom is 0.326 e. The van der Waals surface area contributed by atoms with E-state index in [4.69, 9.17) is 0 Å². The zero-order valence-corrected chi connectivity index (χ0v) is 12.3. The number of urea groups is 1. The number of hydrogen-bond donors (Lipinski definition) is 3. The number of hydrogen-bond acceptors (Lipinski definition) is 5. The quantitative estimate of drug-likeness (QED) is 0.577. The van der Waals surface area contributed by atoms with Crippen molar-refractivity contribution in [1.29, 1.82) is 0 Å². The highest BCUT2D eigenvalue weighted by Crippen LogP contribution is 2.15.